The molecule has 0 bridgehead atoms. The van der Waals surface area contributed by atoms with Gasteiger partial charge in [0.15, 0.2) is 0 Å². The minimum absolute atomic E-state index is 0.436. The van der Waals surface area contributed by atoms with E-state index >= 15 is 0 Å². The number of hydrogen-bond acceptors (Lipinski definition) is 4. The molecule has 2 unspecified atom stereocenters. The van der Waals surface area contributed by atoms with E-state index in [4.69, 9.17) is 0 Å². The maximum atomic E-state index is 9.94. The highest BCUT2D eigenvalue weighted by Gasteiger charge is 2.19. The van der Waals surface area contributed by atoms with Crippen LogP contribution < -0.4 is 5.32 Å². The van der Waals surface area contributed by atoms with Crippen LogP contribution in [0, 0.1) is 0 Å². The van der Waals surface area contributed by atoms with E-state index in [1.165, 1.54) is 6.42 Å². The van der Waals surface area contributed by atoms with Crippen molar-refractivity contribution in [2.75, 3.05) is 26.7 Å². The van der Waals surface area contributed by atoms with Crippen molar-refractivity contribution < 1.29 is 5.11 Å². The first-order chi connectivity index (χ1) is 7.75. The van der Waals surface area contributed by atoms with Crippen LogP contribution in [0.2, 0.25) is 0 Å². The fourth-order valence-electron chi connectivity index (χ4n) is 2.08. The normalized spacial score (nSPS) is 23.5. The molecule has 1 aromatic heterocycles. The van der Waals surface area contributed by atoms with Gasteiger partial charge in [-0.1, -0.05) is 0 Å². The van der Waals surface area contributed by atoms with Crippen LogP contribution in [0.25, 0.3) is 0 Å². The molecule has 88 valence electrons. The second kappa shape index (κ2) is 5.39. The van der Waals surface area contributed by atoms with Crippen molar-refractivity contribution in [3.8, 4) is 0 Å². The summed E-state index contributed by atoms with van der Waals surface area (Å²) in [4.78, 5) is 6.24. The predicted octanol–water partition coefficient (Wildman–Crippen LogP) is 0.409. The van der Waals surface area contributed by atoms with E-state index in [1.54, 1.807) is 12.4 Å². The Balaban J connectivity index is 1.78. The van der Waals surface area contributed by atoms with Gasteiger partial charge in [0.25, 0.3) is 0 Å². The molecule has 0 saturated carbocycles. The zero-order valence-electron chi connectivity index (χ0n) is 9.63. The van der Waals surface area contributed by atoms with Crippen LogP contribution in [0.15, 0.2) is 24.5 Å². The molecule has 0 radical (unpaired) electrons. The molecule has 4 nitrogen and oxygen atoms in total. The van der Waals surface area contributed by atoms with Crippen LogP contribution in [-0.2, 0) is 0 Å². The molecule has 0 amide bonds. The molecule has 2 rings (SSSR count). The molecule has 1 saturated heterocycles. The number of aliphatic hydroxyl groups excluding tert-OH is 1. The van der Waals surface area contributed by atoms with Crippen molar-refractivity contribution in [3.63, 3.8) is 0 Å². The summed E-state index contributed by atoms with van der Waals surface area (Å²) in [5, 5.41) is 13.3. The van der Waals surface area contributed by atoms with Gasteiger partial charge in [-0.05, 0) is 37.7 Å². The number of aromatic nitrogens is 1. The largest absolute Gasteiger partial charge is 0.387 e. The van der Waals surface area contributed by atoms with E-state index < -0.39 is 6.10 Å². The van der Waals surface area contributed by atoms with E-state index in [9.17, 15) is 5.11 Å². The number of hydrogen-bond donors (Lipinski definition) is 2. The highest BCUT2D eigenvalue weighted by atomic mass is 16.3. The van der Waals surface area contributed by atoms with Crippen molar-refractivity contribution in [2.45, 2.75) is 18.6 Å². The Bertz CT molecular complexity index is 317. The van der Waals surface area contributed by atoms with E-state index in [-0.39, 0.29) is 0 Å². The molecular formula is C12H19N3O. The number of nitrogens with one attached hydrogen (secondary N) is 1. The summed E-state index contributed by atoms with van der Waals surface area (Å²) in [6, 6.07) is 4.22. The van der Waals surface area contributed by atoms with Gasteiger partial charge in [0.2, 0.25) is 0 Å². The molecule has 0 aliphatic carbocycles. The van der Waals surface area contributed by atoms with Gasteiger partial charge in [0, 0.05) is 31.5 Å². The van der Waals surface area contributed by atoms with E-state index in [0.29, 0.717) is 12.6 Å². The molecule has 16 heavy (non-hydrogen) atoms. The minimum Gasteiger partial charge on any atom is -0.387 e. The molecule has 0 spiro atoms. The molecule has 1 aromatic rings. The fourth-order valence-corrected chi connectivity index (χ4v) is 2.08. The summed E-state index contributed by atoms with van der Waals surface area (Å²) in [5.41, 5.74) is 0.925. The van der Waals surface area contributed by atoms with Crippen LogP contribution in [-0.4, -0.2) is 47.7 Å². The maximum Gasteiger partial charge on any atom is 0.0915 e. The number of nitrogens with zero attached hydrogens (tertiary/aromatic N) is 2. The highest BCUT2D eigenvalue weighted by molar-refractivity contribution is 5.13. The van der Waals surface area contributed by atoms with Gasteiger partial charge in [-0.3, -0.25) is 4.98 Å². The zero-order chi connectivity index (χ0) is 11.4. The number of likely N-dealkylation sites (N-methyl/N-ethyl adjacent to an activating group) is 1. The van der Waals surface area contributed by atoms with Gasteiger partial charge in [-0.15, -0.1) is 0 Å². The van der Waals surface area contributed by atoms with Crippen molar-refractivity contribution >= 4 is 0 Å². The average Bonchev–Trinajstić information content (AvgIpc) is 2.73. The molecule has 2 N–H and O–H groups in total. The predicted molar refractivity (Wildman–Crippen MR) is 63.1 cm³/mol. The third kappa shape index (κ3) is 3.01. The van der Waals surface area contributed by atoms with Crippen LogP contribution in [0.5, 0.6) is 0 Å². The first-order valence-corrected chi connectivity index (χ1v) is 5.75. The first kappa shape index (κ1) is 11.5. The van der Waals surface area contributed by atoms with Crippen LogP contribution in [0.1, 0.15) is 18.1 Å². The summed E-state index contributed by atoms with van der Waals surface area (Å²) in [6.45, 7) is 2.83. The molecule has 1 fully saturated rings. The molecule has 2 heterocycles. The Morgan fingerprint density at radius 1 is 1.56 bits per heavy atom. The quantitative estimate of drug-likeness (QED) is 0.773. The number of likely N-dealkylation sites (tertiary alicyclic amines) is 1. The standard InChI is InChI=1S/C12H19N3O/c1-15-7-4-11(9-15)14-8-12(16)10-2-5-13-6-3-10/h2-3,5-6,11-12,14,16H,4,7-9H2,1H3. The molecule has 2 atom stereocenters. The molecule has 1 aliphatic heterocycles. The van der Waals surface area contributed by atoms with Gasteiger partial charge < -0.3 is 15.3 Å². The molecule has 0 aromatic carbocycles. The van der Waals surface area contributed by atoms with Crippen LogP contribution in [0.3, 0.4) is 0 Å². The van der Waals surface area contributed by atoms with Crippen LogP contribution >= 0.6 is 0 Å². The smallest absolute Gasteiger partial charge is 0.0915 e. The number of aliphatic hydroxyl groups is 1. The van der Waals surface area contributed by atoms with Crippen molar-refractivity contribution in [1.82, 2.24) is 15.2 Å². The Kier molecular flexibility index (Phi) is 3.88. The van der Waals surface area contributed by atoms with Gasteiger partial charge in [0.05, 0.1) is 6.10 Å². The third-order valence-electron chi connectivity index (χ3n) is 3.08. The minimum atomic E-state index is -0.436. The Labute approximate surface area is 96.3 Å². The van der Waals surface area contributed by atoms with Crippen LogP contribution in [0.4, 0.5) is 0 Å². The second-order valence-electron chi connectivity index (χ2n) is 4.45. The van der Waals surface area contributed by atoms with Crippen molar-refractivity contribution in [1.29, 1.82) is 0 Å². The molecular weight excluding hydrogens is 202 g/mol. The van der Waals surface area contributed by atoms with Gasteiger partial charge in [0.1, 0.15) is 0 Å². The lowest BCUT2D eigenvalue weighted by Crippen LogP contribution is -2.34. The number of pyridine rings is 1. The van der Waals surface area contributed by atoms with Crippen molar-refractivity contribution in [2.24, 2.45) is 0 Å². The lowest BCUT2D eigenvalue weighted by molar-refractivity contribution is 0.170. The summed E-state index contributed by atoms with van der Waals surface area (Å²) in [5.74, 6) is 0. The van der Waals surface area contributed by atoms with Crippen molar-refractivity contribution in [3.05, 3.63) is 30.1 Å². The maximum absolute atomic E-state index is 9.94. The van der Waals surface area contributed by atoms with E-state index in [1.807, 2.05) is 12.1 Å². The Hall–Kier alpha value is -0.970. The van der Waals surface area contributed by atoms with Gasteiger partial charge in [-0.25, -0.2) is 0 Å². The zero-order valence-corrected chi connectivity index (χ0v) is 9.63. The van der Waals surface area contributed by atoms with Gasteiger partial charge >= 0.3 is 0 Å². The highest BCUT2D eigenvalue weighted by Crippen LogP contribution is 2.12. The summed E-state index contributed by atoms with van der Waals surface area (Å²) < 4.78 is 0. The molecule has 4 heteroatoms. The monoisotopic (exact) mass is 221 g/mol. The lowest BCUT2D eigenvalue weighted by Gasteiger charge is -2.16. The Morgan fingerprint density at radius 2 is 2.31 bits per heavy atom. The second-order valence-corrected chi connectivity index (χ2v) is 4.45. The SMILES string of the molecule is CN1CCC(NCC(O)c2ccncc2)C1. The van der Waals surface area contributed by atoms with E-state index in [2.05, 4.69) is 22.2 Å². The molecule has 1 aliphatic rings. The van der Waals surface area contributed by atoms with Gasteiger partial charge in [-0.2, -0.15) is 0 Å². The van der Waals surface area contributed by atoms with E-state index in [0.717, 1.165) is 18.7 Å². The average molecular weight is 221 g/mol. The summed E-state index contributed by atoms with van der Waals surface area (Å²) >= 11 is 0. The lowest BCUT2D eigenvalue weighted by atomic mass is 10.1. The summed E-state index contributed by atoms with van der Waals surface area (Å²) in [6.07, 6.45) is 4.15. The topological polar surface area (TPSA) is 48.4 Å². The third-order valence-corrected chi connectivity index (χ3v) is 3.08. The fraction of sp³-hybridized carbons (Fsp3) is 0.583. The Morgan fingerprint density at radius 3 is 2.94 bits per heavy atom. The first-order valence-electron chi connectivity index (χ1n) is 5.75. The number of rotatable bonds is 4. The summed E-state index contributed by atoms with van der Waals surface area (Å²) in [7, 11) is 2.13.